The highest BCUT2D eigenvalue weighted by Gasteiger charge is 2.42. The summed E-state index contributed by atoms with van der Waals surface area (Å²) in [6, 6.07) is 6.66. The number of H-pyrrole nitrogens is 1. The Morgan fingerprint density at radius 2 is 2.04 bits per heavy atom. The lowest BCUT2D eigenvalue weighted by Gasteiger charge is -2.20. The molecule has 2 aromatic rings. The van der Waals surface area contributed by atoms with Gasteiger partial charge in [0.15, 0.2) is 0 Å². The maximum absolute atomic E-state index is 12.4. The standard InChI is InChI=1S/C17H20N4O4/c1-17(15(23)24)5-6-21(9-17)16(25)19-11-3-4-12-10(7-11)8-13(20-12)14(22)18-2/h3-4,7-8,20H,5-6,9H2,1-2H3,(H,18,22)(H,19,25)(H,23,24). The molecule has 1 saturated heterocycles. The van der Waals surface area contributed by atoms with Crippen LogP contribution in [0.15, 0.2) is 24.3 Å². The maximum atomic E-state index is 12.4. The third-order valence-electron chi connectivity index (χ3n) is 4.62. The third-order valence-corrected chi connectivity index (χ3v) is 4.62. The molecule has 0 radical (unpaired) electrons. The van der Waals surface area contributed by atoms with Crippen molar-refractivity contribution in [1.82, 2.24) is 15.2 Å². The van der Waals surface area contributed by atoms with Gasteiger partial charge in [0.2, 0.25) is 0 Å². The Balaban J connectivity index is 1.73. The fourth-order valence-electron chi connectivity index (χ4n) is 2.98. The van der Waals surface area contributed by atoms with Crippen LogP contribution in [0.5, 0.6) is 0 Å². The summed E-state index contributed by atoms with van der Waals surface area (Å²) in [7, 11) is 1.56. The van der Waals surface area contributed by atoms with Gasteiger partial charge >= 0.3 is 12.0 Å². The minimum Gasteiger partial charge on any atom is -0.481 e. The minimum absolute atomic E-state index is 0.182. The van der Waals surface area contributed by atoms with E-state index in [0.29, 0.717) is 24.3 Å². The monoisotopic (exact) mass is 344 g/mol. The highest BCUT2D eigenvalue weighted by Crippen LogP contribution is 2.30. The van der Waals surface area contributed by atoms with Crippen LogP contribution >= 0.6 is 0 Å². The summed E-state index contributed by atoms with van der Waals surface area (Å²) >= 11 is 0. The van der Waals surface area contributed by atoms with E-state index in [1.54, 1.807) is 38.2 Å². The third kappa shape index (κ3) is 3.15. The molecule has 0 spiro atoms. The highest BCUT2D eigenvalue weighted by molar-refractivity contribution is 5.99. The van der Waals surface area contributed by atoms with Crippen LogP contribution in [0.4, 0.5) is 10.5 Å². The highest BCUT2D eigenvalue weighted by atomic mass is 16.4. The van der Waals surface area contributed by atoms with Gasteiger partial charge < -0.3 is 25.6 Å². The topological polar surface area (TPSA) is 115 Å². The Morgan fingerprint density at radius 3 is 2.68 bits per heavy atom. The Bertz CT molecular complexity index is 859. The SMILES string of the molecule is CNC(=O)c1cc2cc(NC(=O)N3CCC(C)(C(=O)O)C3)ccc2[nH]1. The molecule has 1 aromatic carbocycles. The fraction of sp³-hybridized carbons (Fsp3) is 0.353. The van der Waals surface area contributed by atoms with Crippen LogP contribution in [-0.4, -0.2) is 53.0 Å². The van der Waals surface area contributed by atoms with Gasteiger partial charge in [-0.3, -0.25) is 9.59 Å². The molecule has 1 fully saturated rings. The number of carbonyl (C=O) groups excluding carboxylic acids is 2. The molecule has 25 heavy (non-hydrogen) atoms. The van der Waals surface area contributed by atoms with Crippen LogP contribution in [0, 0.1) is 5.41 Å². The first-order valence-corrected chi connectivity index (χ1v) is 7.96. The van der Waals surface area contributed by atoms with Crippen molar-refractivity contribution in [2.75, 3.05) is 25.5 Å². The Labute approximate surface area is 144 Å². The normalized spacial score (nSPS) is 19.8. The van der Waals surface area contributed by atoms with Crippen LogP contribution in [0.3, 0.4) is 0 Å². The van der Waals surface area contributed by atoms with Gasteiger partial charge in [-0.25, -0.2) is 4.79 Å². The molecule has 1 unspecified atom stereocenters. The van der Waals surface area contributed by atoms with Gasteiger partial charge in [0.25, 0.3) is 5.91 Å². The summed E-state index contributed by atoms with van der Waals surface area (Å²) in [5.41, 5.74) is 0.919. The van der Waals surface area contributed by atoms with Gasteiger partial charge in [-0.1, -0.05) is 0 Å². The summed E-state index contributed by atoms with van der Waals surface area (Å²) in [6.45, 7) is 2.23. The Kier molecular flexibility index (Phi) is 4.12. The van der Waals surface area contributed by atoms with E-state index >= 15 is 0 Å². The van der Waals surface area contributed by atoms with E-state index in [4.69, 9.17) is 0 Å². The number of nitrogens with one attached hydrogen (secondary N) is 3. The lowest BCUT2D eigenvalue weighted by Crippen LogP contribution is -2.37. The van der Waals surface area contributed by atoms with Crippen molar-refractivity contribution in [3.63, 3.8) is 0 Å². The molecule has 1 aromatic heterocycles. The summed E-state index contributed by atoms with van der Waals surface area (Å²) in [5.74, 6) is -1.11. The number of aliphatic carboxylic acids is 1. The molecule has 0 aliphatic carbocycles. The molecule has 0 bridgehead atoms. The molecule has 1 aliphatic heterocycles. The van der Waals surface area contributed by atoms with Gasteiger partial charge in [0.1, 0.15) is 5.69 Å². The Morgan fingerprint density at radius 1 is 1.28 bits per heavy atom. The van der Waals surface area contributed by atoms with Crippen molar-refractivity contribution in [3.05, 3.63) is 30.0 Å². The number of likely N-dealkylation sites (tertiary alicyclic amines) is 1. The fourth-order valence-corrected chi connectivity index (χ4v) is 2.98. The number of anilines is 1. The summed E-state index contributed by atoms with van der Waals surface area (Å²) in [6.07, 6.45) is 0.433. The van der Waals surface area contributed by atoms with Crippen LogP contribution in [0.1, 0.15) is 23.8 Å². The molecule has 3 amide bonds. The van der Waals surface area contributed by atoms with Crippen molar-refractivity contribution >= 4 is 34.5 Å². The molecule has 4 N–H and O–H groups in total. The van der Waals surface area contributed by atoms with Crippen molar-refractivity contribution in [1.29, 1.82) is 0 Å². The van der Waals surface area contributed by atoms with Crippen LogP contribution in [-0.2, 0) is 4.79 Å². The summed E-state index contributed by atoms with van der Waals surface area (Å²) in [4.78, 5) is 39.8. The average molecular weight is 344 g/mol. The second kappa shape index (κ2) is 6.12. The first-order valence-electron chi connectivity index (χ1n) is 7.96. The zero-order valence-corrected chi connectivity index (χ0v) is 14.0. The summed E-state index contributed by atoms with van der Waals surface area (Å²) < 4.78 is 0. The van der Waals surface area contributed by atoms with Crippen LogP contribution < -0.4 is 10.6 Å². The molecular weight excluding hydrogens is 324 g/mol. The van der Waals surface area contributed by atoms with Gasteiger partial charge in [-0.05, 0) is 37.6 Å². The number of carbonyl (C=O) groups is 3. The van der Waals surface area contributed by atoms with Crippen molar-refractivity contribution in [2.45, 2.75) is 13.3 Å². The number of carboxylic acid groups (broad SMARTS) is 1. The number of amides is 3. The number of carboxylic acids is 1. The van der Waals surface area contributed by atoms with E-state index in [0.717, 1.165) is 10.9 Å². The first kappa shape index (κ1) is 16.8. The number of aromatic nitrogens is 1. The molecule has 3 rings (SSSR count). The molecule has 2 heterocycles. The molecule has 1 aliphatic rings. The van der Waals surface area contributed by atoms with E-state index in [2.05, 4.69) is 15.6 Å². The van der Waals surface area contributed by atoms with E-state index < -0.39 is 11.4 Å². The van der Waals surface area contributed by atoms with Gasteiger partial charge in [0, 0.05) is 36.7 Å². The number of hydrogen-bond acceptors (Lipinski definition) is 3. The number of urea groups is 1. The van der Waals surface area contributed by atoms with Crippen molar-refractivity contribution in [3.8, 4) is 0 Å². The van der Waals surface area contributed by atoms with Crippen molar-refractivity contribution < 1.29 is 19.5 Å². The van der Waals surface area contributed by atoms with Crippen LogP contribution in [0.2, 0.25) is 0 Å². The second-order valence-electron chi connectivity index (χ2n) is 6.53. The van der Waals surface area contributed by atoms with Gasteiger partial charge in [-0.15, -0.1) is 0 Å². The molecule has 0 saturated carbocycles. The smallest absolute Gasteiger partial charge is 0.321 e. The lowest BCUT2D eigenvalue weighted by atomic mass is 9.90. The minimum atomic E-state index is -0.898. The molecule has 8 heteroatoms. The number of nitrogens with zero attached hydrogens (tertiary/aromatic N) is 1. The van der Waals surface area contributed by atoms with Crippen LogP contribution in [0.25, 0.3) is 10.9 Å². The van der Waals surface area contributed by atoms with Gasteiger partial charge in [-0.2, -0.15) is 0 Å². The zero-order valence-electron chi connectivity index (χ0n) is 14.0. The molecular formula is C17H20N4O4. The Hall–Kier alpha value is -3.03. The van der Waals surface area contributed by atoms with E-state index in [9.17, 15) is 19.5 Å². The quantitative estimate of drug-likeness (QED) is 0.680. The number of aromatic amines is 1. The van der Waals surface area contributed by atoms with E-state index in [1.807, 2.05) is 0 Å². The number of benzene rings is 1. The predicted molar refractivity (Wildman–Crippen MR) is 92.6 cm³/mol. The molecule has 1 atom stereocenters. The number of fused-ring (bicyclic) bond motifs is 1. The maximum Gasteiger partial charge on any atom is 0.321 e. The second-order valence-corrected chi connectivity index (χ2v) is 6.53. The van der Waals surface area contributed by atoms with E-state index in [1.165, 1.54) is 4.90 Å². The van der Waals surface area contributed by atoms with Crippen molar-refractivity contribution in [2.24, 2.45) is 5.41 Å². The van der Waals surface area contributed by atoms with E-state index in [-0.39, 0.29) is 18.5 Å². The zero-order chi connectivity index (χ0) is 18.2. The molecule has 8 nitrogen and oxygen atoms in total. The summed E-state index contributed by atoms with van der Waals surface area (Å²) in [5, 5.41) is 15.4. The predicted octanol–water partition coefficient (Wildman–Crippen LogP) is 1.86. The largest absolute Gasteiger partial charge is 0.481 e. The van der Waals surface area contributed by atoms with Gasteiger partial charge in [0.05, 0.1) is 5.41 Å². The first-order chi connectivity index (χ1) is 11.8. The average Bonchev–Trinajstić information content (AvgIpc) is 3.18. The molecule has 132 valence electrons. The number of rotatable bonds is 3. The number of hydrogen-bond donors (Lipinski definition) is 4. The lowest BCUT2D eigenvalue weighted by molar-refractivity contribution is -0.146.